The second-order valence-electron chi connectivity index (χ2n) is 8.59. The van der Waals surface area contributed by atoms with Gasteiger partial charge in [0.25, 0.3) is 0 Å². The van der Waals surface area contributed by atoms with Gasteiger partial charge in [-0.05, 0) is 31.2 Å². The zero-order valence-corrected chi connectivity index (χ0v) is 17.0. The number of piperidine rings is 1. The van der Waals surface area contributed by atoms with Crippen molar-refractivity contribution in [3.05, 3.63) is 35.9 Å². The molecule has 1 aromatic carbocycles. The normalized spacial score (nSPS) is 23.1. The molecule has 3 heterocycles. The number of ether oxygens (including phenoxy) is 1. The van der Waals surface area contributed by atoms with Gasteiger partial charge in [-0.3, -0.25) is 14.5 Å². The highest BCUT2D eigenvalue weighted by Crippen LogP contribution is 2.41. The molecule has 3 aliphatic heterocycles. The average molecular weight is 399 g/mol. The summed E-state index contributed by atoms with van der Waals surface area (Å²) in [5.41, 5.74) is 1.09. The molecule has 156 valence electrons. The van der Waals surface area contributed by atoms with Crippen LogP contribution in [0.3, 0.4) is 0 Å². The fourth-order valence-corrected chi connectivity index (χ4v) is 4.79. The minimum absolute atomic E-state index is 0.0405. The first-order valence-electron chi connectivity index (χ1n) is 10.5. The second-order valence-corrected chi connectivity index (χ2v) is 8.59. The molecule has 0 bridgehead atoms. The maximum Gasteiger partial charge on any atom is 0.410 e. The molecule has 29 heavy (non-hydrogen) atoms. The average Bonchev–Trinajstić information content (AvgIpc) is 3.20. The van der Waals surface area contributed by atoms with Crippen LogP contribution in [0.15, 0.2) is 30.3 Å². The van der Waals surface area contributed by atoms with E-state index in [2.05, 4.69) is 0 Å². The van der Waals surface area contributed by atoms with Crippen LogP contribution in [0.4, 0.5) is 4.79 Å². The van der Waals surface area contributed by atoms with Gasteiger partial charge in [-0.15, -0.1) is 0 Å². The Bertz CT molecular complexity index is 766. The van der Waals surface area contributed by atoms with Gasteiger partial charge in [-0.1, -0.05) is 30.3 Å². The zero-order chi connectivity index (χ0) is 20.4. The van der Waals surface area contributed by atoms with Gasteiger partial charge in [0.2, 0.25) is 11.8 Å². The molecule has 3 saturated heterocycles. The zero-order valence-electron chi connectivity index (χ0n) is 17.0. The summed E-state index contributed by atoms with van der Waals surface area (Å²) in [7, 11) is 0. The largest absolute Gasteiger partial charge is 0.445 e. The summed E-state index contributed by atoms with van der Waals surface area (Å²) >= 11 is 0. The van der Waals surface area contributed by atoms with Gasteiger partial charge in [-0.25, -0.2) is 4.79 Å². The summed E-state index contributed by atoms with van der Waals surface area (Å²) in [5, 5.41) is 0. The molecule has 1 aromatic rings. The fraction of sp³-hybridized carbons (Fsp3) is 0.591. The second kappa shape index (κ2) is 8.05. The number of likely N-dealkylation sites (tertiary alicyclic amines) is 3. The molecule has 3 aliphatic rings. The summed E-state index contributed by atoms with van der Waals surface area (Å²) in [6.07, 6.45) is 3.01. The van der Waals surface area contributed by atoms with Crippen molar-refractivity contribution in [3.63, 3.8) is 0 Å². The lowest BCUT2D eigenvalue weighted by atomic mass is 9.71. The highest BCUT2D eigenvalue weighted by atomic mass is 16.6. The monoisotopic (exact) mass is 399 g/mol. The Morgan fingerprint density at radius 3 is 2.38 bits per heavy atom. The fourth-order valence-electron chi connectivity index (χ4n) is 4.79. The van der Waals surface area contributed by atoms with Crippen molar-refractivity contribution >= 4 is 17.9 Å². The summed E-state index contributed by atoms with van der Waals surface area (Å²) in [6, 6.07) is 9.16. The van der Waals surface area contributed by atoms with Crippen LogP contribution in [0, 0.1) is 5.41 Å². The molecule has 3 amide bonds. The standard InChI is InChI=1S/C22H29N3O4/c1-17(26)23-12-9-22(10-13-23)15-24(16-22)20(27)19-8-5-11-25(19)21(28)29-14-18-6-3-2-4-7-18/h2-4,6-7,19H,5,8-16H2,1H3/t19-/m0/s1. The molecule has 0 unspecified atom stereocenters. The van der Waals surface area contributed by atoms with E-state index < -0.39 is 12.1 Å². The minimum Gasteiger partial charge on any atom is -0.445 e. The van der Waals surface area contributed by atoms with Crippen molar-refractivity contribution in [1.29, 1.82) is 0 Å². The number of carbonyl (C=O) groups is 3. The van der Waals surface area contributed by atoms with Gasteiger partial charge in [0.15, 0.2) is 0 Å². The molecular weight excluding hydrogens is 370 g/mol. The number of benzene rings is 1. The molecule has 0 aliphatic carbocycles. The van der Waals surface area contributed by atoms with Gasteiger partial charge >= 0.3 is 6.09 Å². The molecule has 4 rings (SSSR count). The minimum atomic E-state index is -0.409. The van der Waals surface area contributed by atoms with E-state index in [-0.39, 0.29) is 23.8 Å². The van der Waals surface area contributed by atoms with Gasteiger partial charge < -0.3 is 14.5 Å². The third-order valence-corrected chi connectivity index (χ3v) is 6.61. The van der Waals surface area contributed by atoms with Gasteiger partial charge in [0.05, 0.1) is 0 Å². The van der Waals surface area contributed by atoms with Crippen molar-refractivity contribution < 1.29 is 19.1 Å². The van der Waals surface area contributed by atoms with Crippen LogP contribution in [0.25, 0.3) is 0 Å². The van der Waals surface area contributed by atoms with E-state index in [1.54, 1.807) is 11.8 Å². The van der Waals surface area contributed by atoms with Crippen LogP contribution in [-0.4, -0.2) is 71.4 Å². The molecule has 0 N–H and O–H groups in total. The lowest BCUT2D eigenvalue weighted by Crippen LogP contribution is -2.64. The van der Waals surface area contributed by atoms with Crippen LogP contribution in [-0.2, 0) is 20.9 Å². The molecule has 0 radical (unpaired) electrons. The highest BCUT2D eigenvalue weighted by Gasteiger charge is 2.49. The molecule has 1 spiro atoms. The van der Waals surface area contributed by atoms with Crippen LogP contribution in [0.1, 0.15) is 38.2 Å². The molecule has 3 fully saturated rings. The number of nitrogens with zero attached hydrogens (tertiary/aromatic N) is 3. The molecule has 7 heteroatoms. The van der Waals surface area contributed by atoms with Crippen molar-refractivity contribution in [2.75, 3.05) is 32.7 Å². The van der Waals surface area contributed by atoms with Gasteiger partial charge in [0.1, 0.15) is 12.6 Å². The first-order valence-corrected chi connectivity index (χ1v) is 10.5. The van der Waals surface area contributed by atoms with Crippen molar-refractivity contribution in [1.82, 2.24) is 14.7 Å². The predicted molar refractivity (Wildman–Crippen MR) is 107 cm³/mol. The quantitative estimate of drug-likeness (QED) is 0.782. The first kappa shape index (κ1) is 19.7. The third kappa shape index (κ3) is 4.09. The maximum absolute atomic E-state index is 13.0. The van der Waals surface area contributed by atoms with Crippen LogP contribution < -0.4 is 0 Å². The molecule has 0 aromatic heterocycles. The lowest BCUT2D eigenvalue weighted by molar-refractivity contribution is -0.153. The summed E-state index contributed by atoms with van der Waals surface area (Å²) in [5.74, 6) is 0.168. The molecule has 1 atom stereocenters. The smallest absolute Gasteiger partial charge is 0.410 e. The Hall–Kier alpha value is -2.57. The van der Waals surface area contributed by atoms with Gasteiger partial charge in [-0.2, -0.15) is 0 Å². The Balaban J connectivity index is 1.29. The van der Waals surface area contributed by atoms with Crippen molar-refractivity contribution in [2.24, 2.45) is 5.41 Å². The summed E-state index contributed by atoms with van der Waals surface area (Å²) in [4.78, 5) is 42.5. The Morgan fingerprint density at radius 1 is 1.03 bits per heavy atom. The Labute approximate surface area is 171 Å². The van der Waals surface area contributed by atoms with E-state index in [0.717, 1.165) is 51.0 Å². The predicted octanol–water partition coefficient (Wildman–Crippen LogP) is 2.26. The summed E-state index contributed by atoms with van der Waals surface area (Å²) in [6.45, 7) is 5.42. The molecule has 0 saturated carbocycles. The van der Waals surface area contributed by atoms with Crippen LogP contribution in [0.5, 0.6) is 0 Å². The molecule has 7 nitrogen and oxygen atoms in total. The first-order chi connectivity index (χ1) is 14.0. The van der Waals surface area contributed by atoms with Gasteiger partial charge in [0, 0.05) is 45.1 Å². The topological polar surface area (TPSA) is 70.2 Å². The van der Waals surface area contributed by atoms with E-state index in [0.29, 0.717) is 13.0 Å². The Kier molecular flexibility index (Phi) is 5.48. The van der Waals surface area contributed by atoms with E-state index in [1.165, 1.54) is 0 Å². The van der Waals surface area contributed by atoms with Crippen molar-refractivity contribution in [3.8, 4) is 0 Å². The van der Waals surface area contributed by atoms with E-state index in [1.807, 2.05) is 40.1 Å². The molecular formula is C22H29N3O4. The maximum atomic E-state index is 13.0. The number of carbonyl (C=O) groups excluding carboxylic acids is 3. The van der Waals surface area contributed by atoms with E-state index in [4.69, 9.17) is 4.74 Å². The number of rotatable bonds is 3. The number of hydrogen-bond donors (Lipinski definition) is 0. The van der Waals surface area contributed by atoms with Crippen LogP contribution >= 0.6 is 0 Å². The van der Waals surface area contributed by atoms with E-state index >= 15 is 0 Å². The van der Waals surface area contributed by atoms with Crippen LogP contribution in [0.2, 0.25) is 0 Å². The number of hydrogen-bond acceptors (Lipinski definition) is 4. The van der Waals surface area contributed by atoms with Crippen molar-refractivity contribution in [2.45, 2.75) is 45.3 Å². The van der Waals surface area contributed by atoms with E-state index in [9.17, 15) is 14.4 Å². The highest BCUT2D eigenvalue weighted by molar-refractivity contribution is 5.87. The SMILES string of the molecule is CC(=O)N1CCC2(CC1)CN(C(=O)[C@@H]1CCCN1C(=O)OCc1ccccc1)C2. The summed E-state index contributed by atoms with van der Waals surface area (Å²) < 4.78 is 5.45. The Morgan fingerprint density at radius 2 is 1.72 bits per heavy atom. The number of amides is 3. The third-order valence-electron chi connectivity index (χ3n) is 6.61. The lowest BCUT2D eigenvalue weighted by Gasteiger charge is -2.54.